The van der Waals surface area contributed by atoms with E-state index in [1.165, 1.54) is 23.9 Å². The van der Waals surface area contributed by atoms with Gasteiger partial charge in [0, 0.05) is 15.8 Å². The van der Waals surface area contributed by atoms with Crippen LogP contribution < -0.4 is 5.32 Å². The van der Waals surface area contributed by atoms with Gasteiger partial charge in [-0.1, -0.05) is 22.0 Å². The van der Waals surface area contributed by atoms with Crippen molar-refractivity contribution in [1.29, 1.82) is 0 Å². The largest absolute Gasteiger partial charge is 0.453 e. The molecule has 1 aromatic carbocycles. The molecule has 0 spiro atoms. The van der Waals surface area contributed by atoms with Crippen LogP contribution >= 0.6 is 27.3 Å². The normalized spacial score (nSPS) is 11.8. The summed E-state index contributed by atoms with van der Waals surface area (Å²) in [6, 6.07) is 8.27. The average molecular weight is 414 g/mol. The van der Waals surface area contributed by atoms with Crippen LogP contribution in [0.1, 0.15) is 24.6 Å². The quantitative estimate of drug-likeness (QED) is 0.677. The molecule has 0 aliphatic heterocycles. The summed E-state index contributed by atoms with van der Waals surface area (Å²) < 4.78 is 19.3. The van der Waals surface area contributed by atoms with Crippen LogP contribution in [0.3, 0.4) is 0 Å². The van der Waals surface area contributed by atoms with Gasteiger partial charge in [-0.3, -0.25) is 9.59 Å². The summed E-state index contributed by atoms with van der Waals surface area (Å²) in [7, 11) is 0. The first-order chi connectivity index (χ1) is 11.5. The Morgan fingerprint density at radius 2 is 2.17 bits per heavy atom. The first-order valence-electron chi connectivity index (χ1n) is 7.43. The Morgan fingerprint density at radius 1 is 1.38 bits per heavy atom. The Balaban J connectivity index is 1.76. The SMILES string of the molecule is C[C@H](OC(=O)CCCc1cccs1)C(=O)Nc1ccc(Br)cc1F. The number of halogens is 2. The van der Waals surface area contributed by atoms with Gasteiger partial charge in [-0.15, -0.1) is 11.3 Å². The number of amides is 1. The highest BCUT2D eigenvalue weighted by Gasteiger charge is 2.19. The van der Waals surface area contributed by atoms with Crippen LogP contribution in [-0.2, 0) is 20.7 Å². The molecule has 1 aromatic heterocycles. The van der Waals surface area contributed by atoms with Gasteiger partial charge in [-0.25, -0.2) is 4.39 Å². The van der Waals surface area contributed by atoms with E-state index in [1.54, 1.807) is 17.4 Å². The van der Waals surface area contributed by atoms with Crippen LogP contribution in [0, 0.1) is 5.82 Å². The third-order valence-corrected chi connectivity index (χ3v) is 4.68. The molecule has 0 fully saturated rings. The maximum Gasteiger partial charge on any atom is 0.306 e. The molecule has 0 aliphatic carbocycles. The molecule has 0 saturated heterocycles. The Morgan fingerprint density at radius 3 is 2.83 bits per heavy atom. The predicted octanol–water partition coefficient (Wildman–Crippen LogP) is 4.54. The maximum atomic E-state index is 13.7. The number of aryl methyl sites for hydroxylation is 1. The summed E-state index contributed by atoms with van der Waals surface area (Å²) in [5, 5.41) is 4.40. The lowest BCUT2D eigenvalue weighted by atomic mass is 10.2. The van der Waals surface area contributed by atoms with E-state index in [0.717, 1.165) is 6.42 Å². The van der Waals surface area contributed by atoms with Crippen LogP contribution in [0.5, 0.6) is 0 Å². The second kappa shape index (κ2) is 8.94. The van der Waals surface area contributed by atoms with Crippen molar-refractivity contribution in [3.05, 3.63) is 50.9 Å². The average Bonchev–Trinajstić information content (AvgIpc) is 3.03. The molecule has 0 unspecified atom stereocenters. The number of hydrogen-bond donors (Lipinski definition) is 1. The molecular formula is C17H17BrFNO3S. The number of anilines is 1. The fourth-order valence-corrected chi connectivity index (χ4v) is 3.08. The smallest absolute Gasteiger partial charge is 0.306 e. The van der Waals surface area contributed by atoms with Gasteiger partial charge in [0.2, 0.25) is 0 Å². The molecule has 2 aromatic rings. The topological polar surface area (TPSA) is 55.4 Å². The fraction of sp³-hybridized carbons (Fsp3) is 0.294. The molecule has 0 bridgehead atoms. The standard InChI is InChI=1S/C17H17BrFNO3S/c1-11(17(22)20-15-8-7-12(18)10-14(15)19)23-16(21)6-2-4-13-5-3-9-24-13/h3,5,7-11H,2,4,6H2,1H3,(H,20,22)/t11-/m0/s1. The summed E-state index contributed by atoms with van der Waals surface area (Å²) in [5.74, 6) is -1.57. The zero-order valence-electron chi connectivity index (χ0n) is 13.1. The number of carbonyl (C=O) groups is 2. The van der Waals surface area contributed by atoms with Crippen LogP contribution in [0.15, 0.2) is 40.2 Å². The monoisotopic (exact) mass is 413 g/mol. The van der Waals surface area contributed by atoms with Crippen molar-refractivity contribution >= 4 is 44.8 Å². The highest BCUT2D eigenvalue weighted by Crippen LogP contribution is 2.19. The van der Waals surface area contributed by atoms with Crippen molar-refractivity contribution in [2.24, 2.45) is 0 Å². The summed E-state index contributed by atoms with van der Waals surface area (Å²) in [6.07, 6.45) is 0.719. The van der Waals surface area contributed by atoms with Crippen molar-refractivity contribution in [3.8, 4) is 0 Å². The zero-order valence-corrected chi connectivity index (χ0v) is 15.5. The van der Waals surface area contributed by atoms with Gasteiger partial charge >= 0.3 is 5.97 Å². The van der Waals surface area contributed by atoms with Gasteiger partial charge in [0.25, 0.3) is 5.91 Å². The number of hydrogen-bond acceptors (Lipinski definition) is 4. The minimum Gasteiger partial charge on any atom is -0.453 e. The lowest BCUT2D eigenvalue weighted by molar-refractivity contribution is -0.153. The predicted molar refractivity (Wildman–Crippen MR) is 95.5 cm³/mol. The molecule has 0 aliphatic rings. The second-order valence-corrected chi connectivity index (χ2v) is 7.13. The van der Waals surface area contributed by atoms with E-state index < -0.39 is 23.8 Å². The van der Waals surface area contributed by atoms with E-state index in [0.29, 0.717) is 10.9 Å². The zero-order chi connectivity index (χ0) is 17.5. The fourth-order valence-electron chi connectivity index (χ4n) is 2.00. The molecule has 2 rings (SSSR count). The van der Waals surface area contributed by atoms with Crippen molar-refractivity contribution < 1.29 is 18.7 Å². The number of benzene rings is 1. The number of carbonyl (C=O) groups excluding carboxylic acids is 2. The molecule has 1 N–H and O–H groups in total. The third-order valence-electron chi connectivity index (χ3n) is 3.25. The summed E-state index contributed by atoms with van der Waals surface area (Å²) in [6.45, 7) is 1.46. The van der Waals surface area contributed by atoms with Crippen molar-refractivity contribution in [2.75, 3.05) is 5.32 Å². The number of esters is 1. The molecule has 1 atom stereocenters. The molecule has 1 amide bonds. The van der Waals surface area contributed by atoms with Crippen molar-refractivity contribution in [1.82, 2.24) is 0 Å². The van der Waals surface area contributed by atoms with Crippen LogP contribution in [0.4, 0.5) is 10.1 Å². The van der Waals surface area contributed by atoms with Gasteiger partial charge in [-0.05, 0) is 49.4 Å². The number of rotatable bonds is 7. The van der Waals surface area contributed by atoms with E-state index in [2.05, 4.69) is 21.2 Å². The minimum absolute atomic E-state index is 0.0452. The molecular weight excluding hydrogens is 397 g/mol. The van der Waals surface area contributed by atoms with Gasteiger partial charge in [0.05, 0.1) is 5.69 Å². The first kappa shape index (κ1) is 18.6. The lowest BCUT2D eigenvalue weighted by Crippen LogP contribution is -2.30. The van der Waals surface area contributed by atoms with Gasteiger partial charge in [-0.2, -0.15) is 0 Å². The maximum absolute atomic E-state index is 13.7. The molecule has 4 nitrogen and oxygen atoms in total. The van der Waals surface area contributed by atoms with Crippen LogP contribution in [0.25, 0.3) is 0 Å². The highest BCUT2D eigenvalue weighted by molar-refractivity contribution is 9.10. The highest BCUT2D eigenvalue weighted by atomic mass is 79.9. The van der Waals surface area contributed by atoms with E-state index in [1.807, 2.05) is 17.5 Å². The molecule has 7 heteroatoms. The van der Waals surface area contributed by atoms with Gasteiger partial charge in [0.15, 0.2) is 6.10 Å². The van der Waals surface area contributed by atoms with Crippen molar-refractivity contribution in [3.63, 3.8) is 0 Å². The molecule has 1 heterocycles. The summed E-state index contributed by atoms with van der Waals surface area (Å²) in [5.41, 5.74) is 0.0452. The van der Waals surface area contributed by atoms with Crippen molar-refractivity contribution in [2.45, 2.75) is 32.3 Å². The summed E-state index contributed by atoms with van der Waals surface area (Å²) >= 11 is 4.78. The molecule has 24 heavy (non-hydrogen) atoms. The second-order valence-electron chi connectivity index (χ2n) is 5.18. The van der Waals surface area contributed by atoms with E-state index in [-0.39, 0.29) is 12.1 Å². The molecule has 0 radical (unpaired) electrons. The Labute approximate surface area is 152 Å². The number of nitrogens with one attached hydrogen (secondary N) is 1. The molecule has 128 valence electrons. The van der Waals surface area contributed by atoms with Crippen LogP contribution in [0.2, 0.25) is 0 Å². The third kappa shape index (κ3) is 5.72. The van der Waals surface area contributed by atoms with Gasteiger partial charge < -0.3 is 10.1 Å². The molecule has 0 saturated carbocycles. The van der Waals surface area contributed by atoms with E-state index >= 15 is 0 Å². The minimum atomic E-state index is -0.984. The lowest BCUT2D eigenvalue weighted by Gasteiger charge is -2.14. The Bertz CT molecular complexity index is 706. The summed E-state index contributed by atoms with van der Waals surface area (Å²) in [4.78, 5) is 25.0. The number of ether oxygens (including phenoxy) is 1. The van der Waals surface area contributed by atoms with Crippen LogP contribution in [-0.4, -0.2) is 18.0 Å². The van der Waals surface area contributed by atoms with E-state index in [9.17, 15) is 14.0 Å². The van der Waals surface area contributed by atoms with Gasteiger partial charge in [0.1, 0.15) is 5.82 Å². The Hall–Kier alpha value is -1.73. The van der Waals surface area contributed by atoms with E-state index in [4.69, 9.17) is 4.74 Å². The Kier molecular flexibility index (Phi) is 6.93. The first-order valence-corrected chi connectivity index (χ1v) is 9.11. The number of thiophene rings is 1.